The molecule has 0 spiro atoms. The predicted octanol–water partition coefficient (Wildman–Crippen LogP) is 3.02. The minimum atomic E-state index is -0.0951. The summed E-state index contributed by atoms with van der Waals surface area (Å²) < 4.78 is 0. The molecule has 4 nitrogen and oxygen atoms in total. The van der Waals surface area contributed by atoms with E-state index in [0.717, 1.165) is 22.9 Å². The summed E-state index contributed by atoms with van der Waals surface area (Å²) in [6, 6.07) is 13.5. The number of hydrogen-bond donors (Lipinski definition) is 1. The van der Waals surface area contributed by atoms with Crippen molar-refractivity contribution >= 4 is 29.2 Å². The second kappa shape index (κ2) is 7.52. The Kier molecular flexibility index (Phi) is 5.44. The van der Waals surface area contributed by atoms with Crippen molar-refractivity contribution in [3.8, 4) is 0 Å². The molecule has 2 aromatic heterocycles. The van der Waals surface area contributed by atoms with Crippen LogP contribution in [-0.2, 0) is 6.42 Å². The molecule has 0 aliphatic carbocycles. The lowest BCUT2D eigenvalue weighted by molar-refractivity contribution is 0.0954. The average molecular weight is 314 g/mol. The Morgan fingerprint density at radius 1 is 1.09 bits per heavy atom. The van der Waals surface area contributed by atoms with Gasteiger partial charge in [0.25, 0.3) is 5.91 Å². The van der Waals surface area contributed by atoms with Crippen LogP contribution in [-0.4, -0.2) is 22.4 Å². The third kappa shape index (κ3) is 3.80. The second-order valence-electron chi connectivity index (χ2n) is 4.78. The molecule has 3 aromatic rings. The predicted molar refractivity (Wildman–Crippen MR) is 89.3 cm³/mol. The summed E-state index contributed by atoms with van der Waals surface area (Å²) in [6.45, 7) is 0.593. The zero-order valence-corrected chi connectivity index (χ0v) is 12.7. The van der Waals surface area contributed by atoms with E-state index in [0.29, 0.717) is 12.1 Å². The molecule has 0 saturated carbocycles. The molecule has 1 N–H and O–H groups in total. The van der Waals surface area contributed by atoms with E-state index >= 15 is 0 Å². The maximum absolute atomic E-state index is 12.1. The number of nitrogens with one attached hydrogen (secondary N) is 1. The van der Waals surface area contributed by atoms with E-state index < -0.39 is 0 Å². The summed E-state index contributed by atoms with van der Waals surface area (Å²) in [5, 5.41) is 3.88. The van der Waals surface area contributed by atoms with E-state index in [-0.39, 0.29) is 18.3 Å². The van der Waals surface area contributed by atoms with E-state index in [1.165, 1.54) is 0 Å². The molecule has 0 fully saturated rings. The summed E-state index contributed by atoms with van der Waals surface area (Å²) in [6.07, 6.45) is 5.91. The van der Waals surface area contributed by atoms with Crippen molar-refractivity contribution in [1.29, 1.82) is 0 Å². The van der Waals surface area contributed by atoms with Gasteiger partial charge in [0.05, 0.1) is 11.1 Å². The van der Waals surface area contributed by atoms with Crippen LogP contribution < -0.4 is 5.32 Å². The number of benzene rings is 1. The molecule has 2 heterocycles. The van der Waals surface area contributed by atoms with Crippen LogP contribution in [0.25, 0.3) is 10.9 Å². The normalized spacial score (nSPS) is 10.0. The number of aromatic nitrogens is 2. The standard InChI is InChI=1S/C17H15N3O.ClH/c21-17(19-10-7-13-5-8-18-9-6-13)15-11-14-3-1-2-4-16(14)20-12-15;/h1-6,8-9,11-12H,7,10H2,(H,19,21);1H. The highest BCUT2D eigenvalue weighted by molar-refractivity contribution is 5.97. The van der Waals surface area contributed by atoms with Crippen LogP contribution in [0.3, 0.4) is 0 Å². The van der Waals surface area contributed by atoms with Crippen molar-refractivity contribution in [3.05, 3.63) is 72.2 Å². The fourth-order valence-electron chi connectivity index (χ4n) is 2.17. The number of amides is 1. The van der Waals surface area contributed by atoms with E-state index in [1.807, 2.05) is 42.5 Å². The zero-order chi connectivity index (χ0) is 14.5. The van der Waals surface area contributed by atoms with Crippen molar-refractivity contribution in [2.45, 2.75) is 6.42 Å². The molecule has 3 rings (SSSR count). The minimum Gasteiger partial charge on any atom is -0.352 e. The first-order chi connectivity index (χ1) is 10.3. The Bertz CT molecular complexity index is 762. The fraction of sp³-hybridized carbons (Fsp3) is 0.118. The van der Waals surface area contributed by atoms with E-state index in [2.05, 4.69) is 15.3 Å². The van der Waals surface area contributed by atoms with Crippen molar-refractivity contribution < 1.29 is 4.79 Å². The third-order valence-corrected chi connectivity index (χ3v) is 3.30. The molecule has 0 aliphatic rings. The van der Waals surface area contributed by atoms with Crippen LogP contribution in [0.2, 0.25) is 0 Å². The molecule has 0 atom stereocenters. The first-order valence-corrected chi connectivity index (χ1v) is 6.85. The SMILES string of the molecule is Cl.O=C(NCCc1ccncc1)c1cnc2ccccc2c1. The molecule has 0 radical (unpaired) electrons. The molecule has 1 amide bonds. The van der Waals surface area contributed by atoms with Crippen LogP contribution in [0.5, 0.6) is 0 Å². The Labute approximate surface area is 135 Å². The smallest absolute Gasteiger partial charge is 0.252 e. The molecule has 0 aliphatic heterocycles. The highest BCUT2D eigenvalue weighted by atomic mass is 35.5. The van der Waals surface area contributed by atoms with Crippen LogP contribution in [0.1, 0.15) is 15.9 Å². The maximum atomic E-state index is 12.1. The summed E-state index contributed by atoms with van der Waals surface area (Å²) in [5.74, 6) is -0.0951. The largest absolute Gasteiger partial charge is 0.352 e. The van der Waals surface area contributed by atoms with Gasteiger partial charge in [-0.25, -0.2) is 0 Å². The number of carbonyl (C=O) groups is 1. The van der Waals surface area contributed by atoms with Gasteiger partial charge in [0.2, 0.25) is 0 Å². The van der Waals surface area contributed by atoms with Gasteiger partial charge in [-0.2, -0.15) is 0 Å². The molecule has 5 heteroatoms. The highest BCUT2D eigenvalue weighted by Crippen LogP contribution is 2.12. The zero-order valence-electron chi connectivity index (χ0n) is 11.9. The molecule has 22 heavy (non-hydrogen) atoms. The summed E-state index contributed by atoms with van der Waals surface area (Å²) in [5.41, 5.74) is 2.64. The topological polar surface area (TPSA) is 54.9 Å². The minimum absolute atomic E-state index is 0. The number of halogens is 1. The number of para-hydroxylation sites is 1. The number of hydrogen-bond acceptors (Lipinski definition) is 3. The first kappa shape index (κ1) is 15.9. The Balaban J connectivity index is 0.00000176. The number of carbonyl (C=O) groups excluding carboxylic acids is 1. The highest BCUT2D eigenvalue weighted by Gasteiger charge is 2.06. The summed E-state index contributed by atoms with van der Waals surface area (Å²) in [4.78, 5) is 20.4. The lowest BCUT2D eigenvalue weighted by Crippen LogP contribution is -2.25. The van der Waals surface area contributed by atoms with Gasteiger partial charge in [-0.1, -0.05) is 18.2 Å². The third-order valence-electron chi connectivity index (χ3n) is 3.30. The van der Waals surface area contributed by atoms with Crippen LogP contribution in [0.15, 0.2) is 61.1 Å². The van der Waals surface area contributed by atoms with Gasteiger partial charge < -0.3 is 5.32 Å². The summed E-state index contributed by atoms with van der Waals surface area (Å²) >= 11 is 0. The molecule has 0 saturated heterocycles. The van der Waals surface area contributed by atoms with Crippen molar-refractivity contribution in [3.63, 3.8) is 0 Å². The van der Waals surface area contributed by atoms with E-state index in [1.54, 1.807) is 18.6 Å². The molecule has 0 bridgehead atoms. The van der Waals surface area contributed by atoms with E-state index in [9.17, 15) is 4.79 Å². The maximum Gasteiger partial charge on any atom is 0.252 e. The first-order valence-electron chi connectivity index (χ1n) is 6.85. The van der Waals surface area contributed by atoms with Gasteiger partial charge in [-0.05, 0) is 36.2 Å². The Morgan fingerprint density at radius 2 is 1.86 bits per heavy atom. The van der Waals surface area contributed by atoms with Crippen molar-refractivity contribution in [1.82, 2.24) is 15.3 Å². The number of pyridine rings is 2. The number of rotatable bonds is 4. The van der Waals surface area contributed by atoms with Crippen LogP contribution in [0.4, 0.5) is 0 Å². The lowest BCUT2D eigenvalue weighted by Gasteiger charge is -2.06. The lowest BCUT2D eigenvalue weighted by atomic mass is 10.1. The molecule has 112 valence electrons. The quantitative estimate of drug-likeness (QED) is 0.805. The van der Waals surface area contributed by atoms with Gasteiger partial charge >= 0.3 is 0 Å². The van der Waals surface area contributed by atoms with Crippen molar-refractivity contribution in [2.75, 3.05) is 6.54 Å². The van der Waals surface area contributed by atoms with Gasteiger partial charge in [0.15, 0.2) is 0 Å². The molecular weight excluding hydrogens is 298 g/mol. The number of nitrogens with zero attached hydrogens (tertiary/aromatic N) is 2. The van der Waals surface area contributed by atoms with Gasteiger partial charge in [-0.3, -0.25) is 14.8 Å². The van der Waals surface area contributed by atoms with Crippen LogP contribution in [0, 0.1) is 0 Å². The summed E-state index contributed by atoms with van der Waals surface area (Å²) in [7, 11) is 0. The van der Waals surface area contributed by atoms with Gasteiger partial charge in [0.1, 0.15) is 0 Å². The molecule has 1 aromatic carbocycles. The van der Waals surface area contributed by atoms with E-state index in [4.69, 9.17) is 0 Å². The van der Waals surface area contributed by atoms with Gasteiger partial charge in [-0.15, -0.1) is 12.4 Å². The monoisotopic (exact) mass is 313 g/mol. The molecular formula is C17H16ClN3O. The fourth-order valence-corrected chi connectivity index (χ4v) is 2.17. The molecule has 0 unspecified atom stereocenters. The number of fused-ring (bicyclic) bond motifs is 1. The Morgan fingerprint density at radius 3 is 2.68 bits per heavy atom. The average Bonchev–Trinajstić information content (AvgIpc) is 2.55. The van der Waals surface area contributed by atoms with Gasteiger partial charge in [0, 0.05) is 30.5 Å². The van der Waals surface area contributed by atoms with Crippen molar-refractivity contribution in [2.24, 2.45) is 0 Å². The second-order valence-corrected chi connectivity index (χ2v) is 4.78. The van der Waals surface area contributed by atoms with Crippen LogP contribution >= 0.6 is 12.4 Å². The Hall–Kier alpha value is -2.46.